The van der Waals surface area contributed by atoms with Crippen LogP contribution in [0.25, 0.3) is 0 Å². The van der Waals surface area contributed by atoms with Crippen molar-refractivity contribution >= 4 is 17.6 Å². The standard InChI is InChI=1S/C25H29ClO4/c1-24(2,3)30-23(27)17-10-8-16(9-11-17)20-6-5-7-21-22(20)29-25(4,28-21)18-12-14-19(26)15-13-18/h5-7,12-17H,8-11H2,1-4H3. The third kappa shape index (κ3) is 4.29. The largest absolute Gasteiger partial charge is 0.460 e. The van der Waals surface area contributed by atoms with Gasteiger partial charge >= 0.3 is 5.97 Å². The molecule has 0 bridgehead atoms. The Morgan fingerprint density at radius 3 is 2.33 bits per heavy atom. The van der Waals surface area contributed by atoms with Crippen molar-refractivity contribution in [1.82, 2.24) is 0 Å². The fourth-order valence-corrected chi connectivity index (χ4v) is 4.49. The molecule has 160 valence electrons. The first-order valence-electron chi connectivity index (χ1n) is 10.6. The number of benzene rings is 2. The van der Waals surface area contributed by atoms with E-state index in [0.29, 0.717) is 10.9 Å². The van der Waals surface area contributed by atoms with E-state index in [2.05, 4.69) is 6.07 Å². The zero-order valence-corrected chi connectivity index (χ0v) is 18.8. The molecule has 0 amide bonds. The summed E-state index contributed by atoms with van der Waals surface area (Å²) in [5.41, 5.74) is 1.64. The Morgan fingerprint density at radius 2 is 1.70 bits per heavy atom. The lowest BCUT2D eigenvalue weighted by atomic mass is 9.78. The second kappa shape index (κ2) is 7.81. The molecule has 0 saturated heterocycles. The number of para-hydroxylation sites is 1. The first kappa shape index (κ1) is 21.0. The third-order valence-electron chi connectivity index (χ3n) is 5.89. The molecule has 1 aliphatic heterocycles. The van der Waals surface area contributed by atoms with Gasteiger partial charge in [0.2, 0.25) is 0 Å². The van der Waals surface area contributed by atoms with Gasteiger partial charge in [-0.3, -0.25) is 4.79 Å². The van der Waals surface area contributed by atoms with Crippen LogP contribution in [0.5, 0.6) is 11.5 Å². The highest BCUT2D eigenvalue weighted by molar-refractivity contribution is 6.30. The van der Waals surface area contributed by atoms with Crippen molar-refractivity contribution in [1.29, 1.82) is 0 Å². The first-order chi connectivity index (χ1) is 14.1. The van der Waals surface area contributed by atoms with E-state index in [9.17, 15) is 4.79 Å². The lowest BCUT2D eigenvalue weighted by Gasteiger charge is -2.30. The highest BCUT2D eigenvalue weighted by atomic mass is 35.5. The summed E-state index contributed by atoms with van der Waals surface area (Å²) in [5.74, 6) is 0.948. The van der Waals surface area contributed by atoms with Crippen LogP contribution in [-0.4, -0.2) is 11.6 Å². The van der Waals surface area contributed by atoms with E-state index in [0.717, 1.165) is 48.3 Å². The smallest absolute Gasteiger partial charge is 0.309 e. The summed E-state index contributed by atoms with van der Waals surface area (Å²) in [5, 5.41) is 0.681. The molecule has 4 nitrogen and oxygen atoms in total. The number of halogens is 1. The molecule has 1 saturated carbocycles. The lowest BCUT2D eigenvalue weighted by Crippen LogP contribution is -2.31. The van der Waals surface area contributed by atoms with Crippen molar-refractivity contribution < 1.29 is 19.0 Å². The number of hydrogen-bond donors (Lipinski definition) is 0. The molecule has 0 spiro atoms. The summed E-state index contributed by atoms with van der Waals surface area (Å²) >= 11 is 6.03. The Bertz CT molecular complexity index is 923. The third-order valence-corrected chi connectivity index (χ3v) is 6.14. The number of esters is 1. The van der Waals surface area contributed by atoms with Gasteiger partial charge < -0.3 is 14.2 Å². The number of ether oxygens (including phenoxy) is 3. The minimum atomic E-state index is -0.878. The molecule has 0 N–H and O–H groups in total. The highest BCUT2D eigenvalue weighted by Crippen LogP contribution is 2.50. The molecule has 4 rings (SSSR count). The topological polar surface area (TPSA) is 44.8 Å². The van der Waals surface area contributed by atoms with Crippen molar-refractivity contribution in [2.24, 2.45) is 5.92 Å². The van der Waals surface area contributed by atoms with Gasteiger partial charge in [0.05, 0.1) is 5.92 Å². The molecule has 2 aliphatic rings. The molecule has 30 heavy (non-hydrogen) atoms. The minimum Gasteiger partial charge on any atom is -0.460 e. The van der Waals surface area contributed by atoms with Crippen LogP contribution < -0.4 is 9.47 Å². The average molecular weight is 429 g/mol. The maximum absolute atomic E-state index is 12.4. The first-order valence-corrected chi connectivity index (χ1v) is 11.0. The molecule has 0 aromatic heterocycles. The maximum atomic E-state index is 12.4. The Balaban J connectivity index is 1.48. The molecule has 2 aromatic rings. The Labute approximate surface area is 183 Å². The summed E-state index contributed by atoms with van der Waals surface area (Å²) in [4.78, 5) is 12.4. The van der Waals surface area contributed by atoms with E-state index in [1.165, 1.54) is 0 Å². The number of hydrogen-bond acceptors (Lipinski definition) is 4. The zero-order valence-electron chi connectivity index (χ0n) is 18.0. The molecule has 0 radical (unpaired) electrons. The fraction of sp³-hybridized carbons (Fsp3) is 0.480. The van der Waals surface area contributed by atoms with Gasteiger partial charge in [-0.25, -0.2) is 0 Å². The Morgan fingerprint density at radius 1 is 1.03 bits per heavy atom. The van der Waals surface area contributed by atoms with Crippen molar-refractivity contribution in [3.63, 3.8) is 0 Å². The minimum absolute atomic E-state index is 0.0197. The quantitative estimate of drug-likeness (QED) is 0.516. The summed E-state index contributed by atoms with van der Waals surface area (Å²) in [6.07, 6.45) is 3.53. The Kier molecular flexibility index (Phi) is 5.48. The predicted molar refractivity (Wildman–Crippen MR) is 117 cm³/mol. The van der Waals surface area contributed by atoms with Gasteiger partial charge in [0.1, 0.15) is 5.60 Å². The SMILES string of the molecule is CC(C)(C)OC(=O)C1CCC(c2cccc3c2OC(C)(c2ccc(Cl)cc2)O3)CC1. The number of carbonyl (C=O) groups excluding carboxylic acids is 1. The second-order valence-corrected chi connectivity index (χ2v) is 9.85. The number of carbonyl (C=O) groups is 1. The average Bonchev–Trinajstić information content (AvgIpc) is 3.04. The van der Waals surface area contributed by atoms with Gasteiger partial charge in [-0.05, 0) is 82.7 Å². The fourth-order valence-electron chi connectivity index (χ4n) is 4.37. The van der Waals surface area contributed by atoms with Gasteiger partial charge in [-0.15, -0.1) is 0 Å². The van der Waals surface area contributed by atoms with Crippen molar-refractivity contribution in [2.75, 3.05) is 0 Å². The molecule has 5 heteroatoms. The number of fused-ring (bicyclic) bond motifs is 1. The van der Waals surface area contributed by atoms with Gasteiger partial charge in [0.15, 0.2) is 11.5 Å². The van der Waals surface area contributed by atoms with Crippen LogP contribution in [0, 0.1) is 5.92 Å². The molecule has 1 aliphatic carbocycles. The van der Waals surface area contributed by atoms with Crippen LogP contribution in [0.2, 0.25) is 5.02 Å². The monoisotopic (exact) mass is 428 g/mol. The van der Waals surface area contributed by atoms with E-state index in [1.54, 1.807) is 0 Å². The van der Waals surface area contributed by atoms with Gasteiger partial charge in [0.25, 0.3) is 5.79 Å². The molecule has 2 aromatic carbocycles. The highest BCUT2D eigenvalue weighted by Gasteiger charge is 2.41. The molecule has 1 heterocycles. The van der Waals surface area contributed by atoms with Crippen LogP contribution in [0.15, 0.2) is 42.5 Å². The summed E-state index contributed by atoms with van der Waals surface area (Å²) in [6.45, 7) is 7.68. The van der Waals surface area contributed by atoms with Crippen LogP contribution >= 0.6 is 11.6 Å². The van der Waals surface area contributed by atoms with Crippen LogP contribution in [0.4, 0.5) is 0 Å². The molecular weight excluding hydrogens is 400 g/mol. The predicted octanol–water partition coefficient (Wildman–Crippen LogP) is 6.60. The van der Waals surface area contributed by atoms with Gasteiger partial charge in [0, 0.05) is 23.1 Å². The zero-order chi connectivity index (χ0) is 21.5. The molecule has 1 unspecified atom stereocenters. The molecule has 1 fully saturated rings. The summed E-state index contributed by atoms with van der Waals surface area (Å²) in [6, 6.07) is 13.6. The van der Waals surface area contributed by atoms with Crippen molar-refractivity contribution in [2.45, 2.75) is 70.7 Å². The van der Waals surface area contributed by atoms with E-state index < -0.39 is 11.4 Å². The lowest BCUT2D eigenvalue weighted by molar-refractivity contribution is -0.161. The van der Waals surface area contributed by atoms with Crippen LogP contribution in [0.3, 0.4) is 0 Å². The maximum Gasteiger partial charge on any atom is 0.309 e. The Hall–Kier alpha value is -2.20. The number of rotatable bonds is 3. The normalized spacial score (nSPS) is 25.8. The van der Waals surface area contributed by atoms with E-state index in [-0.39, 0.29) is 11.9 Å². The van der Waals surface area contributed by atoms with Crippen LogP contribution in [-0.2, 0) is 15.3 Å². The van der Waals surface area contributed by atoms with Crippen molar-refractivity contribution in [3.8, 4) is 11.5 Å². The van der Waals surface area contributed by atoms with E-state index in [4.69, 9.17) is 25.8 Å². The summed E-state index contributed by atoms with van der Waals surface area (Å²) in [7, 11) is 0. The second-order valence-electron chi connectivity index (χ2n) is 9.41. The van der Waals surface area contributed by atoms with Crippen LogP contribution in [0.1, 0.15) is 70.4 Å². The van der Waals surface area contributed by atoms with Gasteiger partial charge in [-0.1, -0.05) is 23.7 Å². The molecule has 1 atom stereocenters. The van der Waals surface area contributed by atoms with E-state index >= 15 is 0 Å². The van der Waals surface area contributed by atoms with Gasteiger partial charge in [-0.2, -0.15) is 0 Å². The van der Waals surface area contributed by atoms with Crippen molar-refractivity contribution in [3.05, 3.63) is 58.6 Å². The summed E-state index contributed by atoms with van der Waals surface area (Å²) < 4.78 is 18.2. The molecular formula is C25H29ClO4. The van der Waals surface area contributed by atoms with E-state index in [1.807, 2.05) is 64.1 Å².